The Balaban J connectivity index is 2.36. The van der Waals surface area contributed by atoms with Crippen molar-refractivity contribution in [2.45, 2.75) is 6.92 Å². The molecule has 0 atom stereocenters. The first-order valence-electron chi connectivity index (χ1n) is 4.38. The molecule has 4 heteroatoms. The molecule has 2 aromatic rings. The number of rotatable bonds is 2. The standard InChI is InChI=1S/C11H8ClNOS/c1-7-2-3-10(15-7)11(14)8-4-9(12)6-13-5-8/h2-6H,1H3. The Morgan fingerprint density at radius 2 is 2.20 bits per heavy atom. The van der Waals surface area contributed by atoms with Crippen LogP contribution in [-0.2, 0) is 0 Å². The second-order valence-corrected chi connectivity index (χ2v) is 4.86. The SMILES string of the molecule is Cc1ccc(C(=O)c2cncc(Cl)c2)s1. The van der Waals surface area contributed by atoms with E-state index in [9.17, 15) is 4.79 Å². The second kappa shape index (κ2) is 4.13. The predicted octanol–water partition coefficient (Wildman–Crippen LogP) is 3.34. The first-order valence-corrected chi connectivity index (χ1v) is 5.58. The lowest BCUT2D eigenvalue weighted by molar-refractivity contribution is 0.104. The molecule has 0 radical (unpaired) electrons. The first kappa shape index (κ1) is 10.3. The van der Waals surface area contributed by atoms with Gasteiger partial charge in [-0.25, -0.2) is 0 Å². The van der Waals surface area contributed by atoms with E-state index in [2.05, 4.69) is 4.98 Å². The quantitative estimate of drug-likeness (QED) is 0.750. The maximum absolute atomic E-state index is 11.9. The van der Waals surface area contributed by atoms with Crippen LogP contribution in [0.4, 0.5) is 0 Å². The van der Waals surface area contributed by atoms with Gasteiger partial charge in [-0.2, -0.15) is 0 Å². The molecule has 15 heavy (non-hydrogen) atoms. The summed E-state index contributed by atoms with van der Waals surface area (Å²) in [5, 5.41) is 0.481. The van der Waals surface area contributed by atoms with Crippen LogP contribution in [0, 0.1) is 6.92 Å². The molecule has 0 unspecified atom stereocenters. The lowest BCUT2D eigenvalue weighted by atomic mass is 10.1. The summed E-state index contributed by atoms with van der Waals surface area (Å²) in [6.45, 7) is 1.97. The Labute approximate surface area is 96.5 Å². The molecule has 0 N–H and O–H groups in total. The van der Waals surface area contributed by atoms with Gasteiger partial charge in [-0.3, -0.25) is 9.78 Å². The van der Waals surface area contributed by atoms with Gasteiger partial charge in [0.1, 0.15) is 0 Å². The van der Waals surface area contributed by atoms with Crippen LogP contribution in [0.25, 0.3) is 0 Å². The maximum Gasteiger partial charge on any atom is 0.204 e. The minimum absolute atomic E-state index is 0.0249. The Morgan fingerprint density at radius 1 is 1.40 bits per heavy atom. The van der Waals surface area contributed by atoms with Crippen LogP contribution < -0.4 is 0 Å². The van der Waals surface area contributed by atoms with Crippen molar-refractivity contribution in [2.75, 3.05) is 0 Å². The number of carbonyl (C=O) groups is 1. The van der Waals surface area contributed by atoms with Crippen molar-refractivity contribution in [1.29, 1.82) is 0 Å². The molecule has 0 saturated heterocycles. The number of hydrogen-bond acceptors (Lipinski definition) is 3. The third-order valence-electron chi connectivity index (χ3n) is 1.93. The van der Waals surface area contributed by atoms with E-state index in [-0.39, 0.29) is 5.78 Å². The van der Waals surface area contributed by atoms with Gasteiger partial charge in [-0.1, -0.05) is 11.6 Å². The zero-order chi connectivity index (χ0) is 10.8. The van der Waals surface area contributed by atoms with Gasteiger partial charge in [-0.05, 0) is 25.1 Å². The minimum Gasteiger partial charge on any atom is -0.288 e. The fourth-order valence-corrected chi connectivity index (χ4v) is 2.24. The molecule has 0 aliphatic carbocycles. The molecule has 0 aromatic carbocycles. The van der Waals surface area contributed by atoms with E-state index in [0.717, 1.165) is 9.75 Å². The maximum atomic E-state index is 11.9. The van der Waals surface area contributed by atoms with Gasteiger partial charge < -0.3 is 0 Å². The summed E-state index contributed by atoms with van der Waals surface area (Å²) in [6.07, 6.45) is 3.04. The molecule has 0 fully saturated rings. The number of ketones is 1. The molecule has 0 aliphatic rings. The Kier molecular flexibility index (Phi) is 2.84. The van der Waals surface area contributed by atoms with Crippen molar-refractivity contribution in [3.05, 3.63) is 50.9 Å². The predicted molar refractivity (Wildman–Crippen MR) is 61.7 cm³/mol. The summed E-state index contributed by atoms with van der Waals surface area (Å²) in [5.41, 5.74) is 0.532. The van der Waals surface area contributed by atoms with Crippen molar-refractivity contribution in [3.8, 4) is 0 Å². The number of hydrogen-bond donors (Lipinski definition) is 0. The van der Waals surface area contributed by atoms with Gasteiger partial charge in [0, 0.05) is 22.8 Å². The molecular weight excluding hydrogens is 230 g/mol. The van der Waals surface area contributed by atoms with Crippen LogP contribution in [-0.4, -0.2) is 10.8 Å². The van der Waals surface area contributed by atoms with Crippen LogP contribution >= 0.6 is 22.9 Å². The molecule has 0 amide bonds. The van der Waals surface area contributed by atoms with Gasteiger partial charge in [0.05, 0.1) is 9.90 Å². The van der Waals surface area contributed by atoms with Crippen molar-refractivity contribution in [1.82, 2.24) is 4.98 Å². The van der Waals surface area contributed by atoms with Gasteiger partial charge in [0.15, 0.2) is 0 Å². The summed E-state index contributed by atoms with van der Waals surface area (Å²) in [7, 11) is 0. The van der Waals surface area contributed by atoms with Crippen LogP contribution in [0.2, 0.25) is 5.02 Å². The van der Waals surface area contributed by atoms with Crippen molar-refractivity contribution < 1.29 is 4.79 Å². The summed E-state index contributed by atoms with van der Waals surface area (Å²) >= 11 is 7.25. The Bertz CT molecular complexity index is 507. The van der Waals surface area contributed by atoms with Crippen LogP contribution in [0.15, 0.2) is 30.6 Å². The number of halogens is 1. The summed E-state index contributed by atoms with van der Waals surface area (Å²) in [5.74, 6) is -0.0249. The topological polar surface area (TPSA) is 30.0 Å². The van der Waals surface area contributed by atoms with Crippen LogP contribution in [0.5, 0.6) is 0 Å². The van der Waals surface area contributed by atoms with Gasteiger partial charge in [0.2, 0.25) is 5.78 Å². The van der Waals surface area contributed by atoms with E-state index in [4.69, 9.17) is 11.6 Å². The highest BCUT2D eigenvalue weighted by atomic mass is 35.5. The fourth-order valence-electron chi connectivity index (χ4n) is 1.23. The van der Waals surface area contributed by atoms with Gasteiger partial charge >= 0.3 is 0 Å². The third-order valence-corrected chi connectivity index (χ3v) is 3.14. The number of aromatic nitrogens is 1. The largest absolute Gasteiger partial charge is 0.288 e. The molecule has 2 nitrogen and oxygen atoms in total. The van der Waals surface area contributed by atoms with Crippen LogP contribution in [0.1, 0.15) is 20.1 Å². The highest BCUT2D eigenvalue weighted by molar-refractivity contribution is 7.14. The summed E-state index contributed by atoms with van der Waals surface area (Å²) in [6, 6.07) is 5.38. The molecule has 0 spiro atoms. The molecule has 76 valence electrons. The van der Waals surface area contributed by atoms with Crippen LogP contribution in [0.3, 0.4) is 0 Å². The lowest BCUT2D eigenvalue weighted by Crippen LogP contribution is -1.98. The Hall–Kier alpha value is -1.19. The van der Waals surface area contributed by atoms with Crippen molar-refractivity contribution >= 4 is 28.7 Å². The molecule has 2 aromatic heterocycles. The number of pyridine rings is 1. The molecule has 2 heterocycles. The van der Waals surface area contributed by atoms with Crippen molar-refractivity contribution in [2.24, 2.45) is 0 Å². The minimum atomic E-state index is -0.0249. The number of nitrogens with zero attached hydrogens (tertiary/aromatic N) is 1. The second-order valence-electron chi connectivity index (χ2n) is 3.13. The smallest absolute Gasteiger partial charge is 0.204 e. The van der Waals surface area contributed by atoms with E-state index in [1.807, 2.05) is 19.1 Å². The summed E-state index contributed by atoms with van der Waals surface area (Å²) < 4.78 is 0. The van der Waals surface area contributed by atoms with E-state index < -0.39 is 0 Å². The van der Waals surface area contributed by atoms with E-state index in [1.54, 1.807) is 6.07 Å². The molecule has 2 rings (SSSR count). The van der Waals surface area contributed by atoms with E-state index in [1.165, 1.54) is 23.7 Å². The zero-order valence-electron chi connectivity index (χ0n) is 8.03. The average molecular weight is 238 g/mol. The normalized spacial score (nSPS) is 10.3. The van der Waals surface area contributed by atoms with Gasteiger partial charge in [-0.15, -0.1) is 11.3 Å². The average Bonchev–Trinajstić information content (AvgIpc) is 2.64. The number of carbonyl (C=O) groups excluding carboxylic acids is 1. The highest BCUT2D eigenvalue weighted by Crippen LogP contribution is 2.20. The molecular formula is C11H8ClNOS. The third kappa shape index (κ3) is 2.25. The fraction of sp³-hybridized carbons (Fsp3) is 0.0909. The first-order chi connectivity index (χ1) is 7.16. The van der Waals surface area contributed by atoms with E-state index in [0.29, 0.717) is 10.6 Å². The van der Waals surface area contributed by atoms with Gasteiger partial charge in [0.25, 0.3) is 0 Å². The summed E-state index contributed by atoms with van der Waals surface area (Å²) in [4.78, 5) is 17.7. The number of thiophene rings is 1. The van der Waals surface area contributed by atoms with E-state index >= 15 is 0 Å². The molecule has 0 saturated carbocycles. The zero-order valence-corrected chi connectivity index (χ0v) is 9.60. The molecule has 0 aliphatic heterocycles. The highest BCUT2D eigenvalue weighted by Gasteiger charge is 2.11. The Morgan fingerprint density at radius 3 is 2.80 bits per heavy atom. The molecule has 0 bridgehead atoms. The number of aryl methyl sites for hydroxylation is 1. The van der Waals surface area contributed by atoms with Crippen molar-refractivity contribution in [3.63, 3.8) is 0 Å². The monoisotopic (exact) mass is 237 g/mol. The lowest BCUT2D eigenvalue weighted by Gasteiger charge is -1.97.